The molecule has 2 aliphatic rings. The zero-order valence-corrected chi connectivity index (χ0v) is 6.52. The summed E-state index contributed by atoms with van der Waals surface area (Å²) in [5, 5.41) is 0. The van der Waals surface area contributed by atoms with Gasteiger partial charge in [-0.3, -0.25) is 4.79 Å². The third kappa shape index (κ3) is 0.727. The predicted octanol–water partition coefficient (Wildman–Crippen LogP) is 2.16. The predicted molar refractivity (Wildman–Crippen MR) is 39.7 cm³/mol. The summed E-state index contributed by atoms with van der Waals surface area (Å²) in [4.78, 5) is 11.2. The average Bonchev–Trinajstić information content (AvgIpc) is 2.08. The molecular weight excluding hydrogens is 124 g/mol. The van der Waals surface area contributed by atoms with Crippen molar-refractivity contribution in [2.24, 2.45) is 11.3 Å². The highest BCUT2D eigenvalue weighted by molar-refractivity contribution is 5.83. The van der Waals surface area contributed by atoms with Gasteiger partial charge in [-0.2, -0.15) is 0 Å². The molecule has 0 amide bonds. The molecule has 0 bridgehead atoms. The van der Waals surface area contributed by atoms with Crippen LogP contribution in [0.15, 0.2) is 0 Å². The van der Waals surface area contributed by atoms with Crippen molar-refractivity contribution in [3.8, 4) is 0 Å². The van der Waals surface area contributed by atoms with Gasteiger partial charge in [-0.15, -0.1) is 0 Å². The Balaban J connectivity index is 2.10. The summed E-state index contributed by atoms with van der Waals surface area (Å²) in [5.74, 6) is 0.889. The van der Waals surface area contributed by atoms with Crippen molar-refractivity contribution in [1.82, 2.24) is 0 Å². The lowest BCUT2D eigenvalue weighted by Gasteiger charge is -2.37. The van der Waals surface area contributed by atoms with Crippen LogP contribution in [0.5, 0.6) is 0 Å². The molecule has 1 nitrogen and oxygen atoms in total. The Hall–Kier alpha value is -0.330. The zero-order valence-electron chi connectivity index (χ0n) is 6.52. The number of carbonyl (C=O) groups is 1. The average molecular weight is 138 g/mol. The van der Waals surface area contributed by atoms with Crippen LogP contribution >= 0.6 is 0 Å². The van der Waals surface area contributed by atoms with Crippen LogP contribution in [0, 0.1) is 11.3 Å². The first-order valence-corrected chi connectivity index (χ1v) is 4.25. The van der Waals surface area contributed by atoms with E-state index in [-0.39, 0.29) is 0 Å². The topological polar surface area (TPSA) is 17.1 Å². The lowest BCUT2D eigenvalue weighted by atomic mass is 9.67. The van der Waals surface area contributed by atoms with Crippen LogP contribution in [0.1, 0.15) is 39.0 Å². The van der Waals surface area contributed by atoms with Crippen molar-refractivity contribution in [1.29, 1.82) is 0 Å². The molecule has 2 rings (SSSR count). The largest absolute Gasteiger partial charge is 0.299 e. The summed E-state index contributed by atoms with van der Waals surface area (Å²) in [6, 6.07) is 0. The molecule has 0 aliphatic heterocycles. The Morgan fingerprint density at radius 3 is 2.40 bits per heavy atom. The zero-order chi connectivity index (χ0) is 7.19. The number of hydrogen-bond donors (Lipinski definition) is 0. The second kappa shape index (κ2) is 1.84. The molecule has 0 N–H and O–H groups in total. The summed E-state index contributed by atoms with van der Waals surface area (Å²) in [7, 11) is 0. The molecule has 2 aliphatic carbocycles. The Morgan fingerprint density at radius 2 is 2.20 bits per heavy atom. The molecule has 1 unspecified atom stereocenters. The molecule has 1 heteroatoms. The van der Waals surface area contributed by atoms with Gasteiger partial charge in [0.2, 0.25) is 0 Å². The first-order valence-electron chi connectivity index (χ1n) is 4.25. The molecule has 1 spiro atoms. The summed E-state index contributed by atoms with van der Waals surface area (Å²) in [6.45, 7) is 2.08. The van der Waals surface area contributed by atoms with Gasteiger partial charge >= 0.3 is 0 Å². The lowest BCUT2D eigenvalue weighted by Crippen LogP contribution is -2.25. The van der Waals surface area contributed by atoms with Crippen LogP contribution in [0.3, 0.4) is 0 Å². The fraction of sp³-hybridized carbons (Fsp3) is 0.889. The van der Waals surface area contributed by atoms with Crippen LogP contribution in [0.2, 0.25) is 0 Å². The van der Waals surface area contributed by atoms with Gasteiger partial charge < -0.3 is 0 Å². The van der Waals surface area contributed by atoms with Gasteiger partial charge in [0.25, 0.3) is 0 Å². The number of ketones is 1. The first kappa shape index (κ1) is 6.38. The third-order valence-electron chi connectivity index (χ3n) is 3.25. The van der Waals surface area contributed by atoms with Crippen molar-refractivity contribution in [2.45, 2.75) is 39.0 Å². The van der Waals surface area contributed by atoms with Gasteiger partial charge in [0.05, 0.1) is 0 Å². The fourth-order valence-corrected chi connectivity index (χ4v) is 2.44. The van der Waals surface area contributed by atoms with Gasteiger partial charge in [-0.05, 0) is 24.7 Å². The van der Waals surface area contributed by atoms with Crippen LogP contribution in [0.25, 0.3) is 0 Å². The maximum Gasteiger partial charge on any atom is 0.136 e. The van der Waals surface area contributed by atoms with Gasteiger partial charge in [-0.1, -0.05) is 13.3 Å². The van der Waals surface area contributed by atoms with Crippen LogP contribution in [-0.2, 0) is 4.79 Å². The maximum atomic E-state index is 11.2. The quantitative estimate of drug-likeness (QED) is 0.501. The summed E-state index contributed by atoms with van der Waals surface area (Å²) in [5.41, 5.74) is 0.510. The normalized spacial score (nSPS) is 36.5. The van der Waals surface area contributed by atoms with E-state index in [0.29, 0.717) is 17.1 Å². The van der Waals surface area contributed by atoms with E-state index >= 15 is 0 Å². The Labute approximate surface area is 61.8 Å². The first-order chi connectivity index (χ1) is 4.72. The Morgan fingerprint density at radius 1 is 1.50 bits per heavy atom. The van der Waals surface area contributed by atoms with Crippen molar-refractivity contribution in [3.63, 3.8) is 0 Å². The van der Waals surface area contributed by atoms with Crippen LogP contribution < -0.4 is 0 Å². The lowest BCUT2D eigenvalue weighted by molar-refractivity contribution is -0.120. The highest BCUT2D eigenvalue weighted by Crippen LogP contribution is 2.53. The second-order valence-electron chi connectivity index (χ2n) is 4.10. The van der Waals surface area contributed by atoms with E-state index in [4.69, 9.17) is 0 Å². The van der Waals surface area contributed by atoms with Gasteiger partial charge in [-0.25, -0.2) is 0 Å². The molecule has 0 aromatic rings. The number of carbonyl (C=O) groups excluding carboxylic acids is 1. The highest BCUT2D eigenvalue weighted by Gasteiger charge is 2.46. The minimum atomic E-state index is 0.375. The van der Waals surface area contributed by atoms with Crippen LogP contribution in [0.4, 0.5) is 0 Å². The van der Waals surface area contributed by atoms with E-state index in [0.717, 1.165) is 6.42 Å². The minimum absolute atomic E-state index is 0.375. The molecule has 0 saturated heterocycles. The second-order valence-corrected chi connectivity index (χ2v) is 4.10. The SMILES string of the molecule is CC1CC2(CCC2)CC1=O. The van der Waals surface area contributed by atoms with E-state index < -0.39 is 0 Å². The Kier molecular flexibility index (Phi) is 1.17. The summed E-state index contributed by atoms with van der Waals surface area (Å²) >= 11 is 0. The third-order valence-corrected chi connectivity index (χ3v) is 3.25. The smallest absolute Gasteiger partial charge is 0.136 e. The van der Waals surface area contributed by atoms with E-state index in [1.54, 1.807) is 0 Å². The standard InChI is InChI=1S/C9H14O/c1-7-5-9(3-2-4-9)6-8(7)10/h7H,2-6H2,1H3. The van der Waals surface area contributed by atoms with E-state index in [2.05, 4.69) is 6.92 Å². The van der Waals surface area contributed by atoms with Crippen molar-refractivity contribution < 1.29 is 4.79 Å². The summed E-state index contributed by atoms with van der Waals surface area (Å²) < 4.78 is 0. The molecular formula is C9H14O. The van der Waals surface area contributed by atoms with Gasteiger partial charge in [0.15, 0.2) is 0 Å². The monoisotopic (exact) mass is 138 g/mol. The Bertz CT molecular complexity index is 168. The fourth-order valence-electron chi connectivity index (χ4n) is 2.44. The minimum Gasteiger partial charge on any atom is -0.299 e. The van der Waals surface area contributed by atoms with Gasteiger partial charge in [0, 0.05) is 12.3 Å². The van der Waals surface area contributed by atoms with Crippen molar-refractivity contribution in [3.05, 3.63) is 0 Å². The molecule has 0 radical (unpaired) electrons. The molecule has 10 heavy (non-hydrogen) atoms. The van der Waals surface area contributed by atoms with Gasteiger partial charge in [0.1, 0.15) is 5.78 Å². The molecule has 1 atom stereocenters. The van der Waals surface area contributed by atoms with E-state index in [1.807, 2.05) is 0 Å². The summed E-state index contributed by atoms with van der Waals surface area (Å²) in [6.07, 6.45) is 6.09. The molecule has 0 heterocycles. The molecule has 56 valence electrons. The van der Waals surface area contributed by atoms with E-state index in [9.17, 15) is 4.79 Å². The van der Waals surface area contributed by atoms with E-state index in [1.165, 1.54) is 25.7 Å². The molecule has 0 aromatic heterocycles. The number of Topliss-reactive ketones (excluding diaryl/α,β-unsaturated/α-hetero) is 1. The number of rotatable bonds is 0. The highest BCUT2D eigenvalue weighted by atomic mass is 16.1. The maximum absolute atomic E-state index is 11.2. The molecule has 2 fully saturated rings. The molecule has 2 saturated carbocycles. The molecule has 0 aromatic carbocycles. The van der Waals surface area contributed by atoms with Crippen LogP contribution in [-0.4, -0.2) is 5.78 Å². The number of hydrogen-bond acceptors (Lipinski definition) is 1. The van der Waals surface area contributed by atoms with Crippen molar-refractivity contribution in [2.75, 3.05) is 0 Å². The van der Waals surface area contributed by atoms with Crippen molar-refractivity contribution >= 4 is 5.78 Å².